The Hall–Kier alpha value is -2.01. The van der Waals surface area contributed by atoms with Crippen LogP contribution in [0.2, 0.25) is 0 Å². The van der Waals surface area contributed by atoms with Crippen molar-refractivity contribution in [3.63, 3.8) is 0 Å². The first-order valence-electron chi connectivity index (χ1n) is 4.81. The third kappa shape index (κ3) is 1.61. The molecule has 82 valence electrons. The molecule has 16 heavy (non-hydrogen) atoms. The van der Waals surface area contributed by atoms with E-state index in [1.54, 1.807) is 25.3 Å². The number of aliphatic hydroxyl groups is 1. The Morgan fingerprint density at radius 1 is 1.44 bits per heavy atom. The summed E-state index contributed by atoms with van der Waals surface area (Å²) in [5.74, 6) is 0. The molecule has 5 nitrogen and oxygen atoms in total. The van der Waals surface area contributed by atoms with Crippen LogP contribution in [0.25, 0.3) is 10.9 Å². The van der Waals surface area contributed by atoms with Crippen molar-refractivity contribution in [1.82, 2.24) is 4.98 Å². The summed E-state index contributed by atoms with van der Waals surface area (Å²) < 4.78 is 0. The Kier molecular flexibility index (Phi) is 2.54. The van der Waals surface area contributed by atoms with E-state index in [1.807, 2.05) is 0 Å². The van der Waals surface area contributed by atoms with Crippen LogP contribution < -0.4 is 0 Å². The molecule has 0 aliphatic rings. The van der Waals surface area contributed by atoms with Gasteiger partial charge >= 0.3 is 0 Å². The first kappa shape index (κ1) is 10.5. The molecule has 1 aromatic carbocycles. The zero-order valence-corrected chi connectivity index (χ0v) is 8.62. The number of nitrogens with zero attached hydrogens (tertiary/aromatic N) is 2. The van der Waals surface area contributed by atoms with E-state index in [9.17, 15) is 15.2 Å². The van der Waals surface area contributed by atoms with Crippen molar-refractivity contribution < 1.29 is 10.0 Å². The average molecular weight is 218 g/mol. The second-order valence-electron chi connectivity index (χ2n) is 3.51. The number of hydrogen-bond acceptors (Lipinski definition) is 4. The van der Waals surface area contributed by atoms with E-state index >= 15 is 0 Å². The maximum absolute atomic E-state index is 10.8. The van der Waals surface area contributed by atoms with Crippen LogP contribution in [0.3, 0.4) is 0 Å². The number of hydrogen-bond donors (Lipinski definition) is 1. The molecule has 1 heterocycles. The highest BCUT2D eigenvalue weighted by Crippen LogP contribution is 2.29. The summed E-state index contributed by atoms with van der Waals surface area (Å²) in [6, 6.07) is 6.21. The lowest BCUT2D eigenvalue weighted by Crippen LogP contribution is -1.97. The summed E-state index contributed by atoms with van der Waals surface area (Å²) in [5, 5.41) is 20.8. The third-order valence-electron chi connectivity index (χ3n) is 2.42. The lowest BCUT2D eigenvalue weighted by molar-refractivity contribution is -0.383. The third-order valence-corrected chi connectivity index (χ3v) is 2.42. The number of nitro groups is 1. The van der Waals surface area contributed by atoms with Gasteiger partial charge in [0.15, 0.2) is 0 Å². The van der Waals surface area contributed by atoms with E-state index in [0.29, 0.717) is 16.5 Å². The minimum Gasteiger partial charge on any atom is -0.389 e. The van der Waals surface area contributed by atoms with Crippen LogP contribution in [0.15, 0.2) is 30.5 Å². The summed E-state index contributed by atoms with van der Waals surface area (Å²) in [4.78, 5) is 14.4. The second-order valence-corrected chi connectivity index (χ2v) is 3.51. The minimum atomic E-state index is -0.696. The number of aliphatic hydroxyl groups excluding tert-OH is 1. The molecule has 0 spiro atoms. The number of benzene rings is 1. The molecule has 2 aromatic rings. The maximum Gasteiger partial charge on any atom is 0.278 e. The molecule has 1 aromatic heterocycles. The summed E-state index contributed by atoms with van der Waals surface area (Å²) >= 11 is 0. The van der Waals surface area contributed by atoms with Crippen LogP contribution in [-0.2, 0) is 0 Å². The van der Waals surface area contributed by atoms with E-state index < -0.39 is 11.0 Å². The highest BCUT2D eigenvalue weighted by Gasteiger charge is 2.16. The monoisotopic (exact) mass is 218 g/mol. The zero-order chi connectivity index (χ0) is 11.7. The number of non-ortho nitro benzene ring substituents is 1. The van der Waals surface area contributed by atoms with Crippen LogP contribution in [-0.4, -0.2) is 15.0 Å². The van der Waals surface area contributed by atoms with Gasteiger partial charge in [-0.1, -0.05) is 0 Å². The largest absolute Gasteiger partial charge is 0.389 e. The van der Waals surface area contributed by atoms with Crippen LogP contribution in [0.4, 0.5) is 5.69 Å². The summed E-state index contributed by atoms with van der Waals surface area (Å²) in [6.07, 6.45) is 0.857. The topological polar surface area (TPSA) is 76.3 Å². The molecule has 0 amide bonds. The first-order chi connectivity index (χ1) is 7.61. The van der Waals surface area contributed by atoms with E-state index in [0.717, 1.165) is 0 Å². The predicted octanol–water partition coefficient (Wildman–Crippen LogP) is 2.20. The SMILES string of the molecule is CC(O)c1ccc([N+](=O)[O-])c2cccnc12. The summed E-state index contributed by atoms with van der Waals surface area (Å²) in [7, 11) is 0. The fourth-order valence-electron chi connectivity index (χ4n) is 1.68. The fourth-order valence-corrected chi connectivity index (χ4v) is 1.68. The van der Waals surface area contributed by atoms with Crippen molar-refractivity contribution in [3.05, 3.63) is 46.1 Å². The minimum absolute atomic E-state index is 0.00694. The Balaban J connectivity index is 2.82. The van der Waals surface area contributed by atoms with Gasteiger partial charge in [0.2, 0.25) is 0 Å². The van der Waals surface area contributed by atoms with Gasteiger partial charge in [0.05, 0.1) is 21.9 Å². The number of rotatable bonds is 2. The van der Waals surface area contributed by atoms with Crippen molar-refractivity contribution in [2.24, 2.45) is 0 Å². The lowest BCUT2D eigenvalue weighted by atomic mass is 10.0. The number of aromatic nitrogens is 1. The van der Waals surface area contributed by atoms with Crippen LogP contribution in [0, 0.1) is 10.1 Å². The molecule has 1 atom stereocenters. The molecule has 5 heteroatoms. The molecule has 0 aliphatic carbocycles. The van der Waals surface area contributed by atoms with Crippen LogP contribution in [0.1, 0.15) is 18.6 Å². The van der Waals surface area contributed by atoms with E-state index in [-0.39, 0.29) is 5.69 Å². The van der Waals surface area contributed by atoms with Crippen LogP contribution in [0.5, 0.6) is 0 Å². The molecule has 0 saturated heterocycles. The normalized spacial score (nSPS) is 12.6. The fraction of sp³-hybridized carbons (Fsp3) is 0.182. The van der Waals surface area contributed by atoms with E-state index in [2.05, 4.69) is 4.98 Å². The molecule has 0 fully saturated rings. The lowest BCUT2D eigenvalue weighted by Gasteiger charge is -2.08. The highest BCUT2D eigenvalue weighted by atomic mass is 16.6. The highest BCUT2D eigenvalue weighted by molar-refractivity contribution is 5.90. The van der Waals surface area contributed by atoms with E-state index in [1.165, 1.54) is 12.1 Å². The van der Waals surface area contributed by atoms with Gasteiger partial charge in [0.1, 0.15) is 0 Å². The van der Waals surface area contributed by atoms with Gasteiger partial charge in [-0.15, -0.1) is 0 Å². The Bertz CT molecular complexity index is 552. The average Bonchev–Trinajstić information content (AvgIpc) is 2.27. The Morgan fingerprint density at radius 2 is 2.19 bits per heavy atom. The van der Waals surface area contributed by atoms with Gasteiger partial charge in [-0.25, -0.2) is 0 Å². The van der Waals surface area contributed by atoms with Gasteiger partial charge < -0.3 is 5.11 Å². The van der Waals surface area contributed by atoms with Gasteiger partial charge in [0.25, 0.3) is 5.69 Å². The summed E-state index contributed by atoms with van der Waals surface area (Å²) in [6.45, 7) is 1.61. The number of fused-ring (bicyclic) bond motifs is 1. The zero-order valence-electron chi connectivity index (χ0n) is 8.62. The maximum atomic E-state index is 10.8. The van der Waals surface area contributed by atoms with Gasteiger partial charge in [-0.05, 0) is 25.1 Å². The number of nitro benzene ring substituents is 1. The molecule has 0 aliphatic heterocycles. The van der Waals surface area contributed by atoms with Crippen molar-refractivity contribution in [3.8, 4) is 0 Å². The quantitative estimate of drug-likeness (QED) is 0.619. The molecule has 2 rings (SSSR count). The standard InChI is InChI=1S/C11H10N2O3/c1-7(14)8-4-5-10(13(15)16)9-3-2-6-12-11(8)9/h2-7,14H,1H3. The van der Waals surface area contributed by atoms with Crippen molar-refractivity contribution in [2.75, 3.05) is 0 Å². The van der Waals surface area contributed by atoms with Crippen molar-refractivity contribution in [1.29, 1.82) is 0 Å². The molecule has 0 radical (unpaired) electrons. The number of pyridine rings is 1. The smallest absolute Gasteiger partial charge is 0.278 e. The van der Waals surface area contributed by atoms with Gasteiger partial charge in [-0.2, -0.15) is 0 Å². The molecule has 1 N–H and O–H groups in total. The Morgan fingerprint density at radius 3 is 2.81 bits per heavy atom. The summed E-state index contributed by atoms with van der Waals surface area (Å²) in [5.41, 5.74) is 1.08. The first-order valence-corrected chi connectivity index (χ1v) is 4.81. The molecule has 0 saturated carbocycles. The molecule has 0 bridgehead atoms. The van der Waals surface area contributed by atoms with Crippen molar-refractivity contribution in [2.45, 2.75) is 13.0 Å². The predicted molar refractivity (Wildman–Crippen MR) is 59.0 cm³/mol. The molecular formula is C11H10N2O3. The molecule has 1 unspecified atom stereocenters. The second kappa shape index (κ2) is 3.86. The van der Waals surface area contributed by atoms with Crippen LogP contribution >= 0.6 is 0 Å². The van der Waals surface area contributed by atoms with Gasteiger partial charge in [-0.3, -0.25) is 15.1 Å². The van der Waals surface area contributed by atoms with Gasteiger partial charge in [0, 0.05) is 17.8 Å². The molecular weight excluding hydrogens is 208 g/mol. The van der Waals surface area contributed by atoms with E-state index in [4.69, 9.17) is 0 Å². The Labute approximate surface area is 91.5 Å². The van der Waals surface area contributed by atoms with Crippen molar-refractivity contribution >= 4 is 16.6 Å².